The van der Waals surface area contributed by atoms with E-state index in [0.29, 0.717) is 5.75 Å². The van der Waals surface area contributed by atoms with E-state index in [2.05, 4.69) is 30.6 Å². The normalized spacial score (nSPS) is 13.1. The van der Waals surface area contributed by atoms with E-state index in [-0.39, 0.29) is 18.3 Å². The van der Waals surface area contributed by atoms with Gasteiger partial charge in [0.2, 0.25) is 5.91 Å². The minimum Gasteiger partial charge on any atom is -0.480 e. The molecule has 4 N–H and O–H groups in total. The minimum absolute atomic E-state index is 0.106. The van der Waals surface area contributed by atoms with Crippen molar-refractivity contribution in [3.05, 3.63) is 0 Å². The monoisotopic (exact) mass is 271 g/mol. The Morgan fingerprint density at radius 1 is 1.31 bits per heavy atom. The molecule has 0 aliphatic rings. The lowest BCUT2D eigenvalue weighted by Gasteiger charge is -2.08. The van der Waals surface area contributed by atoms with Gasteiger partial charge in [-0.1, -0.05) is 0 Å². The summed E-state index contributed by atoms with van der Waals surface area (Å²) < 4.78 is 0. The molecule has 6 nitrogen and oxygen atoms in total. The number of aliphatic carboxylic acids is 1. The van der Waals surface area contributed by atoms with E-state index in [4.69, 9.17) is 15.3 Å². The zero-order valence-electron chi connectivity index (χ0n) is 8.83. The molecule has 0 fully saturated rings. The Morgan fingerprint density at radius 3 is 1.88 bits per heavy atom. The summed E-state index contributed by atoms with van der Waals surface area (Å²) in [5.74, 6) is -0.988. The molecule has 2 atom stereocenters. The van der Waals surface area contributed by atoms with Crippen LogP contribution in [0.25, 0.3) is 0 Å². The second-order valence-electron chi connectivity index (χ2n) is 2.79. The molecule has 0 aromatic carbocycles. The molecule has 8 heteroatoms. The van der Waals surface area contributed by atoms with Gasteiger partial charge >= 0.3 is 5.97 Å². The Kier molecular flexibility index (Phi) is 12.4. The van der Waals surface area contributed by atoms with Crippen molar-refractivity contribution in [1.82, 2.24) is 5.32 Å². The summed E-state index contributed by atoms with van der Waals surface area (Å²) in [6.45, 7) is 1.07. The van der Waals surface area contributed by atoms with Crippen molar-refractivity contribution in [2.45, 2.75) is 19.1 Å². The number of rotatable bonds is 5. The molecule has 0 rings (SSSR count). The molecule has 0 saturated carbocycles. The van der Waals surface area contributed by atoms with Crippen molar-refractivity contribution in [1.29, 1.82) is 0 Å². The summed E-state index contributed by atoms with van der Waals surface area (Å²) in [5.41, 5.74) is 0. The number of aliphatic hydroxyl groups excluding tert-OH is 2. The van der Waals surface area contributed by atoms with Gasteiger partial charge in [0.05, 0.1) is 12.7 Å². The molecule has 16 heavy (non-hydrogen) atoms. The summed E-state index contributed by atoms with van der Waals surface area (Å²) in [5, 5.41) is 26.9. The fraction of sp³-hybridized carbons (Fsp3) is 0.750. The molecule has 0 aliphatic heterocycles. The van der Waals surface area contributed by atoms with Crippen LogP contribution in [-0.4, -0.2) is 57.5 Å². The van der Waals surface area contributed by atoms with E-state index < -0.39 is 18.1 Å². The van der Waals surface area contributed by atoms with E-state index in [0.717, 1.165) is 0 Å². The zero-order chi connectivity index (χ0) is 13.1. The van der Waals surface area contributed by atoms with Crippen LogP contribution in [0.15, 0.2) is 0 Å². The molecule has 0 heterocycles. The van der Waals surface area contributed by atoms with Gasteiger partial charge in [-0.3, -0.25) is 4.79 Å². The van der Waals surface area contributed by atoms with Crippen molar-refractivity contribution in [2.75, 3.05) is 18.1 Å². The van der Waals surface area contributed by atoms with Crippen molar-refractivity contribution in [2.24, 2.45) is 0 Å². The minimum atomic E-state index is -1.06. The lowest BCUT2D eigenvalue weighted by atomic mass is 10.3. The maximum Gasteiger partial charge on any atom is 0.327 e. The second-order valence-corrected chi connectivity index (χ2v) is 3.52. The van der Waals surface area contributed by atoms with E-state index in [1.165, 1.54) is 6.92 Å². The number of carboxylic acids is 1. The predicted octanol–water partition coefficient (Wildman–Crippen LogP) is -1.23. The van der Waals surface area contributed by atoms with Gasteiger partial charge in [0, 0.05) is 18.4 Å². The Balaban J connectivity index is 0. The average Bonchev–Trinajstić information content (AvgIpc) is 2.24. The van der Waals surface area contributed by atoms with Crippen LogP contribution >= 0.6 is 25.3 Å². The molecular weight excluding hydrogens is 254 g/mol. The van der Waals surface area contributed by atoms with Crippen LogP contribution in [0.5, 0.6) is 0 Å². The van der Waals surface area contributed by atoms with E-state index in [9.17, 15) is 9.59 Å². The summed E-state index contributed by atoms with van der Waals surface area (Å²) in [7, 11) is 0. The van der Waals surface area contributed by atoms with Crippen LogP contribution in [0, 0.1) is 0 Å². The standard InChI is InChI=1S/C5H9NO3S.C3H8O2S/c1-3(7)6-4(2-10)5(8)9;4-1-3(5)2-6/h4,10H,2H2,1H3,(H,6,7)(H,8,9);3-6H,1-2H2/t4-;/m0./s1. The fourth-order valence-corrected chi connectivity index (χ4v) is 0.852. The Bertz CT molecular complexity index is 211. The predicted molar refractivity (Wildman–Crippen MR) is 66.0 cm³/mol. The van der Waals surface area contributed by atoms with E-state index >= 15 is 0 Å². The molecular formula is C8H17NO5S2. The van der Waals surface area contributed by atoms with Gasteiger partial charge in [-0.2, -0.15) is 25.3 Å². The number of carboxylic acid groups (broad SMARTS) is 1. The van der Waals surface area contributed by atoms with Gasteiger partial charge in [0.25, 0.3) is 0 Å². The number of nitrogens with one attached hydrogen (secondary N) is 1. The van der Waals surface area contributed by atoms with Crippen LogP contribution in [-0.2, 0) is 9.59 Å². The Labute approximate surface area is 105 Å². The molecule has 0 aromatic heterocycles. The van der Waals surface area contributed by atoms with Crippen LogP contribution in [0.4, 0.5) is 0 Å². The summed E-state index contributed by atoms with van der Waals surface area (Å²) in [6.07, 6.45) is -0.645. The highest BCUT2D eigenvalue weighted by Crippen LogP contribution is 1.87. The maximum absolute atomic E-state index is 10.3. The molecule has 0 spiro atoms. The van der Waals surface area contributed by atoms with E-state index in [1.807, 2.05) is 0 Å². The van der Waals surface area contributed by atoms with Gasteiger partial charge < -0.3 is 20.6 Å². The van der Waals surface area contributed by atoms with Gasteiger partial charge in [-0.15, -0.1) is 0 Å². The molecule has 0 radical (unpaired) electrons. The third-order valence-electron chi connectivity index (χ3n) is 1.28. The highest BCUT2D eigenvalue weighted by atomic mass is 32.1. The first-order valence-corrected chi connectivity index (χ1v) is 5.66. The van der Waals surface area contributed by atoms with Crippen LogP contribution < -0.4 is 5.32 Å². The lowest BCUT2D eigenvalue weighted by Crippen LogP contribution is -2.40. The maximum atomic E-state index is 10.3. The first-order chi connectivity index (χ1) is 7.38. The molecule has 1 unspecified atom stereocenters. The van der Waals surface area contributed by atoms with Crippen molar-refractivity contribution in [3.63, 3.8) is 0 Å². The van der Waals surface area contributed by atoms with E-state index in [1.54, 1.807) is 0 Å². The Hall–Kier alpha value is -0.440. The van der Waals surface area contributed by atoms with Gasteiger partial charge in [-0.25, -0.2) is 4.79 Å². The summed E-state index contributed by atoms with van der Waals surface area (Å²) in [6, 6.07) is -0.874. The zero-order valence-corrected chi connectivity index (χ0v) is 10.6. The number of carbonyl (C=O) groups is 2. The van der Waals surface area contributed by atoms with Crippen LogP contribution in [0.3, 0.4) is 0 Å². The third-order valence-corrected chi connectivity index (χ3v) is 2.07. The first kappa shape index (κ1) is 17.9. The third kappa shape index (κ3) is 11.6. The number of thiol groups is 2. The molecule has 0 bridgehead atoms. The summed E-state index contributed by atoms with van der Waals surface area (Å²) >= 11 is 7.42. The Morgan fingerprint density at radius 2 is 1.81 bits per heavy atom. The van der Waals surface area contributed by atoms with Crippen LogP contribution in [0.2, 0.25) is 0 Å². The quantitative estimate of drug-likeness (QED) is 0.351. The highest BCUT2D eigenvalue weighted by molar-refractivity contribution is 7.80. The smallest absolute Gasteiger partial charge is 0.327 e. The largest absolute Gasteiger partial charge is 0.480 e. The number of hydrogen-bond acceptors (Lipinski definition) is 6. The second kappa shape index (κ2) is 11.1. The molecule has 96 valence electrons. The number of aliphatic hydroxyl groups is 2. The number of carbonyl (C=O) groups excluding carboxylic acids is 1. The molecule has 0 saturated heterocycles. The van der Waals surface area contributed by atoms with Crippen molar-refractivity contribution < 1.29 is 24.9 Å². The lowest BCUT2D eigenvalue weighted by molar-refractivity contribution is -0.140. The first-order valence-electron chi connectivity index (χ1n) is 4.39. The van der Waals surface area contributed by atoms with Gasteiger partial charge in [-0.05, 0) is 0 Å². The molecule has 0 aromatic rings. The number of amides is 1. The molecule has 1 amide bonds. The van der Waals surface area contributed by atoms with Crippen molar-refractivity contribution >= 4 is 37.1 Å². The van der Waals surface area contributed by atoms with Gasteiger partial charge in [0.1, 0.15) is 6.04 Å². The van der Waals surface area contributed by atoms with Crippen LogP contribution in [0.1, 0.15) is 6.92 Å². The van der Waals surface area contributed by atoms with Gasteiger partial charge in [0.15, 0.2) is 0 Å². The summed E-state index contributed by atoms with van der Waals surface area (Å²) in [4.78, 5) is 20.5. The molecule has 0 aliphatic carbocycles. The van der Waals surface area contributed by atoms with Crippen molar-refractivity contribution in [3.8, 4) is 0 Å². The highest BCUT2D eigenvalue weighted by Gasteiger charge is 2.15. The average molecular weight is 271 g/mol. The topological polar surface area (TPSA) is 107 Å². The SMILES string of the molecule is CC(=O)N[C@@H](CS)C(=O)O.OCC(O)CS. The fourth-order valence-electron chi connectivity index (χ4n) is 0.489. The number of hydrogen-bond donors (Lipinski definition) is 6.